The van der Waals surface area contributed by atoms with Crippen molar-refractivity contribution in [2.45, 2.75) is 13.3 Å². The smallest absolute Gasteiger partial charge is 0.314 e. The van der Waals surface area contributed by atoms with Crippen LogP contribution in [0.25, 0.3) is 0 Å². The molecule has 22 heavy (non-hydrogen) atoms. The minimum atomic E-state index is -0.162. The van der Waals surface area contributed by atoms with Crippen LogP contribution in [-0.2, 0) is 0 Å². The fourth-order valence-electron chi connectivity index (χ4n) is 1.81. The molecule has 0 aliphatic rings. The zero-order chi connectivity index (χ0) is 16.2. The third-order valence-electron chi connectivity index (χ3n) is 2.84. The Labute approximate surface area is 132 Å². The Morgan fingerprint density at radius 1 is 1.14 bits per heavy atom. The number of carbonyl (C=O) groups is 1. The van der Waals surface area contributed by atoms with E-state index in [9.17, 15) is 4.79 Å². The molecule has 1 aromatic carbocycles. The van der Waals surface area contributed by atoms with E-state index in [2.05, 4.69) is 15.5 Å². The summed E-state index contributed by atoms with van der Waals surface area (Å²) in [6, 6.07) is 7.31. The van der Waals surface area contributed by atoms with Gasteiger partial charge in [-0.1, -0.05) is 6.07 Å². The van der Waals surface area contributed by atoms with Crippen LogP contribution in [0.15, 0.2) is 24.3 Å². The number of nitrogens with one attached hydrogen (secondary N) is 2. The molecule has 0 fully saturated rings. The second-order valence-corrected chi connectivity index (χ2v) is 5.10. The van der Waals surface area contributed by atoms with Crippen molar-refractivity contribution in [3.8, 4) is 11.5 Å². The summed E-state index contributed by atoms with van der Waals surface area (Å²) < 4.78 is 11.0. The second-order valence-electron chi connectivity index (χ2n) is 5.10. The van der Waals surface area contributed by atoms with Crippen molar-refractivity contribution in [1.29, 1.82) is 0 Å². The number of ether oxygens (including phenoxy) is 2. The van der Waals surface area contributed by atoms with Gasteiger partial charge in [0.15, 0.2) is 0 Å². The molecular formula is C16H27N3O3. The average Bonchev–Trinajstić information content (AvgIpc) is 2.49. The standard InChI is InChI=1S/C16H27N3O3/c1-4-21-14-7-5-8-15(13-14)22-12-10-18-16(20)17-9-6-11-19(2)3/h5,7-8,13H,4,6,9-12H2,1-3H3,(H2,17,18,20). The zero-order valence-electron chi connectivity index (χ0n) is 13.7. The van der Waals surface area contributed by atoms with Gasteiger partial charge in [0.1, 0.15) is 18.1 Å². The Hall–Kier alpha value is -1.95. The summed E-state index contributed by atoms with van der Waals surface area (Å²) in [5.41, 5.74) is 0. The van der Waals surface area contributed by atoms with Crippen LogP contribution in [0, 0.1) is 0 Å². The Morgan fingerprint density at radius 2 is 1.82 bits per heavy atom. The summed E-state index contributed by atoms with van der Waals surface area (Å²) in [7, 11) is 4.02. The second kappa shape index (κ2) is 10.7. The molecule has 124 valence electrons. The zero-order valence-corrected chi connectivity index (χ0v) is 13.7. The lowest BCUT2D eigenvalue weighted by atomic mass is 10.3. The van der Waals surface area contributed by atoms with Gasteiger partial charge in [-0.2, -0.15) is 0 Å². The molecular weight excluding hydrogens is 282 g/mol. The molecule has 2 amide bonds. The molecule has 0 saturated heterocycles. The maximum atomic E-state index is 11.5. The lowest BCUT2D eigenvalue weighted by molar-refractivity contribution is 0.235. The third-order valence-corrected chi connectivity index (χ3v) is 2.84. The van der Waals surface area contributed by atoms with Gasteiger partial charge in [0, 0.05) is 12.6 Å². The highest BCUT2D eigenvalue weighted by atomic mass is 16.5. The molecule has 0 spiro atoms. The minimum Gasteiger partial charge on any atom is -0.494 e. The first-order valence-corrected chi connectivity index (χ1v) is 7.64. The Kier molecular flexibility index (Phi) is 8.83. The molecule has 2 N–H and O–H groups in total. The Bertz CT molecular complexity index is 438. The molecule has 6 nitrogen and oxygen atoms in total. The number of nitrogens with zero attached hydrogens (tertiary/aromatic N) is 1. The van der Waals surface area contributed by atoms with Crippen molar-refractivity contribution in [2.75, 3.05) is 46.9 Å². The summed E-state index contributed by atoms with van der Waals surface area (Å²) in [6.45, 7) is 5.06. The van der Waals surface area contributed by atoms with Crippen molar-refractivity contribution >= 4 is 6.03 Å². The van der Waals surface area contributed by atoms with E-state index in [1.807, 2.05) is 45.3 Å². The molecule has 0 radical (unpaired) electrons. The predicted molar refractivity (Wildman–Crippen MR) is 87.7 cm³/mol. The van der Waals surface area contributed by atoms with Crippen LogP contribution in [0.5, 0.6) is 11.5 Å². The van der Waals surface area contributed by atoms with Crippen LogP contribution in [-0.4, -0.2) is 57.9 Å². The lowest BCUT2D eigenvalue weighted by Gasteiger charge is -2.11. The van der Waals surface area contributed by atoms with Gasteiger partial charge in [0.25, 0.3) is 0 Å². The monoisotopic (exact) mass is 309 g/mol. The van der Waals surface area contributed by atoms with Crippen LogP contribution >= 0.6 is 0 Å². The van der Waals surface area contributed by atoms with Crippen LogP contribution in [0.1, 0.15) is 13.3 Å². The molecule has 1 rings (SSSR count). The van der Waals surface area contributed by atoms with Crippen molar-refractivity contribution in [3.63, 3.8) is 0 Å². The van der Waals surface area contributed by atoms with E-state index in [1.54, 1.807) is 0 Å². The quantitative estimate of drug-likeness (QED) is 0.646. The largest absolute Gasteiger partial charge is 0.494 e. The lowest BCUT2D eigenvalue weighted by Crippen LogP contribution is -2.38. The van der Waals surface area contributed by atoms with E-state index < -0.39 is 0 Å². The highest BCUT2D eigenvalue weighted by molar-refractivity contribution is 5.73. The molecule has 0 atom stereocenters. The molecule has 1 aromatic rings. The summed E-state index contributed by atoms with van der Waals surface area (Å²) in [5, 5.41) is 5.57. The fraction of sp³-hybridized carbons (Fsp3) is 0.562. The number of amides is 2. The van der Waals surface area contributed by atoms with E-state index in [1.165, 1.54) is 0 Å². The highest BCUT2D eigenvalue weighted by Gasteiger charge is 2.00. The topological polar surface area (TPSA) is 62.8 Å². The van der Waals surface area contributed by atoms with Gasteiger partial charge in [0.05, 0.1) is 13.2 Å². The molecule has 0 saturated carbocycles. The molecule has 0 heterocycles. The first-order chi connectivity index (χ1) is 10.6. The Balaban J connectivity index is 2.11. The van der Waals surface area contributed by atoms with Crippen LogP contribution in [0.4, 0.5) is 4.79 Å². The van der Waals surface area contributed by atoms with E-state index >= 15 is 0 Å². The third kappa shape index (κ3) is 8.36. The number of rotatable bonds is 10. The maximum absolute atomic E-state index is 11.5. The predicted octanol–water partition coefficient (Wildman–Crippen LogP) is 1.71. The van der Waals surface area contributed by atoms with Gasteiger partial charge in [-0.3, -0.25) is 0 Å². The van der Waals surface area contributed by atoms with Gasteiger partial charge >= 0.3 is 6.03 Å². The fourth-order valence-corrected chi connectivity index (χ4v) is 1.81. The van der Waals surface area contributed by atoms with Crippen LogP contribution in [0.3, 0.4) is 0 Å². The number of hydrogen-bond donors (Lipinski definition) is 2. The van der Waals surface area contributed by atoms with Crippen molar-refractivity contribution in [3.05, 3.63) is 24.3 Å². The number of carbonyl (C=O) groups excluding carboxylic acids is 1. The van der Waals surface area contributed by atoms with Gasteiger partial charge in [-0.05, 0) is 46.1 Å². The van der Waals surface area contributed by atoms with E-state index in [-0.39, 0.29) is 6.03 Å². The molecule has 0 aliphatic carbocycles. The minimum absolute atomic E-state index is 0.162. The highest BCUT2D eigenvalue weighted by Crippen LogP contribution is 2.18. The normalized spacial score (nSPS) is 10.4. The molecule has 0 unspecified atom stereocenters. The number of hydrogen-bond acceptors (Lipinski definition) is 4. The number of urea groups is 1. The SMILES string of the molecule is CCOc1cccc(OCCNC(=O)NCCCN(C)C)c1. The first-order valence-electron chi connectivity index (χ1n) is 7.64. The summed E-state index contributed by atoms with van der Waals surface area (Å²) in [5.74, 6) is 1.52. The van der Waals surface area contributed by atoms with E-state index in [4.69, 9.17) is 9.47 Å². The van der Waals surface area contributed by atoms with Crippen LogP contribution < -0.4 is 20.1 Å². The first kappa shape index (κ1) is 18.1. The average molecular weight is 309 g/mol. The molecule has 0 aliphatic heterocycles. The molecule has 0 bridgehead atoms. The Morgan fingerprint density at radius 3 is 2.50 bits per heavy atom. The van der Waals surface area contributed by atoms with E-state index in [0.717, 1.165) is 24.5 Å². The van der Waals surface area contributed by atoms with Crippen molar-refractivity contribution in [1.82, 2.24) is 15.5 Å². The maximum Gasteiger partial charge on any atom is 0.314 e. The van der Waals surface area contributed by atoms with Crippen LogP contribution in [0.2, 0.25) is 0 Å². The van der Waals surface area contributed by atoms with Gasteiger partial charge in [-0.25, -0.2) is 4.79 Å². The number of benzene rings is 1. The van der Waals surface area contributed by atoms with E-state index in [0.29, 0.717) is 26.3 Å². The summed E-state index contributed by atoms with van der Waals surface area (Å²) >= 11 is 0. The van der Waals surface area contributed by atoms with Gasteiger partial charge < -0.3 is 25.0 Å². The molecule has 0 aromatic heterocycles. The summed E-state index contributed by atoms with van der Waals surface area (Å²) in [4.78, 5) is 13.6. The van der Waals surface area contributed by atoms with Crippen molar-refractivity contribution < 1.29 is 14.3 Å². The molecule has 6 heteroatoms. The van der Waals surface area contributed by atoms with Crippen molar-refractivity contribution in [2.24, 2.45) is 0 Å². The van der Waals surface area contributed by atoms with Gasteiger partial charge in [0.2, 0.25) is 0 Å². The summed E-state index contributed by atoms with van der Waals surface area (Å²) in [6.07, 6.45) is 0.932. The van der Waals surface area contributed by atoms with Gasteiger partial charge in [-0.15, -0.1) is 0 Å².